The van der Waals surface area contributed by atoms with E-state index in [9.17, 15) is 4.79 Å². The van der Waals surface area contributed by atoms with Crippen LogP contribution in [0.4, 0.5) is 0 Å². The van der Waals surface area contributed by atoms with Crippen molar-refractivity contribution in [2.24, 2.45) is 0 Å². The van der Waals surface area contributed by atoms with Crippen LogP contribution in [0.2, 0.25) is 20.1 Å². The molecule has 0 aromatic heterocycles. The lowest BCUT2D eigenvalue weighted by Gasteiger charge is -2.11. The lowest BCUT2D eigenvalue weighted by Crippen LogP contribution is -2.09. The van der Waals surface area contributed by atoms with Crippen LogP contribution in [0, 0.1) is 11.3 Å². The summed E-state index contributed by atoms with van der Waals surface area (Å²) < 4.78 is 4.80. The maximum atomic E-state index is 11.8. The van der Waals surface area contributed by atoms with E-state index in [1.807, 2.05) is 0 Å². The molecular weight excluding hydrogens is 320 g/mol. The second-order valence-electron chi connectivity index (χ2n) is 3.00. The summed E-state index contributed by atoms with van der Waals surface area (Å²) in [5.74, 6) is -0.822. The molecule has 0 spiro atoms. The van der Waals surface area contributed by atoms with E-state index in [1.165, 1.54) is 6.08 Å². The van der Waals surface area contributed by atoms with Gasteiger partial charge >= 0.3 is 5.97 Å². The third kappa shape index (κ3) is 2.73. The van der Waals surface area contributed by atoms with Crippen molar-refractivity contribution in [2.45, 2.75) is 0 Å². The number of rotatable bonds is 3. The fourth-order valence-electron chi connectivity index (χ4n) is 1.14. The molecule has 0 atom stereocenters. The van der Waals surface area contributed by atoms with Gasteiger partial charge in [-0.1, -0.05) is 59.1 Å². The number of benzene rings is 1. The SMILES string of the molecule is C=CCOC(=O)c1c(Cl)c(Cl)c(Cl)c(Cl)c1C#N. The van der Waals surface area contributed by atoms with Gasteiger partial charge in [-0.25, -0.2) is 4.79 Å². The van der Waals surface area contributed by atoms with Gasteiger partial charge in [0.2, 0.25) is 0 Å². The van der Waals surface area contributed by atoms with Gasteiger partial charge < -0.3 is 4.74 Å². The van der Waals surface area contributed by atoms with E-state index in [-0.39, 0.29) is 37.8 Å². The highest BCUT2D eigenvalue weighted by Crippen LogP contribution is 2.41. The third-order valence-corrected chi connectivity index (χ3v) is 3.72. The first-order valence-corrected chi connectivity index (χ1v) is 6.00. The lowest BCUT2D eigenvalue weighted by atomic mass is 10.1. The Morgan fingerprint density at radius 3 is 2.28 bits per heavy atom. The van der Waals surface area contributed by atoms with E-state index in [0.29, 0.717) is 0 Å². The zero-order chi connectivity index (χ0) is 13.9. The Bertz CT molecular complexity index is 563. The highest BCUT2D eigenvalue weighted by atomic mass is 35.5. The quantitative estimate of drug-likeness (QED) is 0.355. The summed E-state index contributed by atoms with van der Waals surface area (Å²) >= 11 is 23.3. The molecule has 7 heteroatoms. The zero-order valence-electron chi connectivity index (χ0n) is 8.77. The molecule has 1 aromatic rings. The molecule has 0 fully saturated rings. The Labute approximate surface area is 123 Å². The van der Waals surface area contributed by atoms with Gasteiger partial charge in [-0.05, 0) is 0 Å². The molecule has 0 aliphatic rings. The molecule has 1 aromatic carbocycles. The number of halogens is 4. The van der Waals surface area contributed by atoms with Crippen molar-refractivity contribution < 1.29 is 9.53 Å². The van der Waals surface area contributed by atoms with Crippen molar-refractivity contribution in [3.05, 3.63) is 43.9 Å². The van der Waals surface area contributed by atoms with Gasteiger partial charge in [0.1, 0.15) is 12.7 Å². The van der Waals surface area contributed by atoms with Crippen molar-refractivity contribution in [2.75, 3.05) is 6.61 Å². The molecule has 0 radical (unpaired) electrons. The second-order valence-corrected chi connectivity index (χ2v) is 4.52. The van der Waals surface area contributed by atoms with Crippen LogP contribution in [0.15, 0.2) is 12.7 Å². The van der Waals surface area contributed by atoms with Crippen LogP contribution in [0.3, 0.4) is 0 Å². The summed E-state index contributed by atoms with van der Waals surface area (Å²) in [7, 11) is 0. The summed E-state index contributed by atoms with van der Waals surface area (Å²) in [6, 6.07) is 1.74. The Morgan fingerprint density at radius 1 is 1.22 bits per heavy atom. The van der Waals surface area contributed by atoms with Crippen LogP contribution in [0.1, 0.15) is 15.9 Å². The minimum atomic E-state index is -0.822. The zero-order valence-corrected chi connectivity index (χ0v) is 11.8. The van der Waals surface area contributed by atoms with E-state index in [1.54, 1.807) is 6.07 Å². The Hall–Kier alpha value is -0.920. The number of carbonyl (C=O) groups excluding carboxylic acids is 1. The van der Waals surface area contributed by atoms with Crippen LogP contribution in [0.5, 0.6) is 0 Å². The van der Waals surface area contributed by atoms with Crippen LogP contribution in [-0.4, -0.2) is 12.6 Å². The first-order valence-electron chi connectivity index (χ1n) is 4.49. The minimum absolute atomic E-state index is 0.0299. The number of hydrogen-bond acceptors (Lipinski definition) is 3. The van der Waals surface area contributed by atoms with Gasteiger partial charge in [-0.15, -0.1) is 0 Å². The summed E-state index contributed by atoms with van der Waals surface area (Å²) in [6.07, 6.45) is 1.37. The number of esters is 1. The average Bonchev–Trinajstić information content (AvgIpc) is 2.37. The second kappa shape index (κ2) is 6.31. The Morgan fingerprint density at radius 2 is 1.78 bits per heavy atom. The van der Waals surface area contributed by atoms with Crippen molar-refractivity contribution in [3.63, 3.8) is 0 Å². The molecule has 0 unspecified atom stereocenters. The predicted octanol–water partition coefficient (Wildman–Crippen LogP) is 4.51. The Kier molecular flexibility index (Phi) is 5.30. The standard InChI is InChI=1S/C11H5Cl4NO2/c1-2-3-18-11(17)6-5(4-16)7(12)9(14)10(15)8(6)13/h2H,1,3H2. The first kappa shape index (κ1) is 15.1. The van der Waals surface area contributed by atoms with Crippen molar-refractivity contribution in [3.8, 4) is 6.07 Å². The number of carbonyl (C=O) groups is 1. The molecule has 0 N–H and O–H groups in total. The molecule has 1 rings (SSSR count). The largest absolute Gasteiger partial charge is 0.458 e. The van der Waals surface area contributed by atoms with Crippen LogP contribution in [-0.2, 0) is 4.74 Å². The molecule has 0 saturated carbocycles. The van der Waals surface area contributed by atoms with Crippen LogP contribution >= 0.6 is 46.4 Å². The fourth-order valence-corrected chi connectivity index (χ4v) is 2.11. The van der Waals surface area contributed by atoms with Crippen molar-refractivity contribution >= 4 is 52.4 Å². The molecule has 0 aliphatic heterocycles. The van der Waals surface area contributed by atoms with Crippen LogP contribution in [0.25, 0.3) is 0 Å². The topological polar surface area (TPSA) is 50.1 Å². The maximum Gasteiger partial charge on any atom is 0.341 e. The summed E-state index contributed by atoms with van der Waals surface area (Å²) in [5, 5.41) is 8.49. The maximum absolute atomic E-state index is 11.8. The Balaban J connectivity index is 3.48. The van der Waals surface area contributed by atoms with E-state index < -0.39 is 5.97 Å². The molecule has 18 heavy (non-hydrogen) atoms. The summed E-state index contributed by atoms with van der Waals surface area (Å²) in [5.41, 5.74) is -0.384. The molecule has 0 heterocycles. The van der Waals surface area contributed by atoms with Gasteiger partial charge in [0.25, 0.3) is 0 Å². The van der Waals surface area contributed by atoms with E-state index in [0.717, 1.165) is 0 Å². The first-order chi connectivity index (χ1) is 8.45. The fraction of sp³-hybridized carbons (Fsp3) is 0.0909. The number of ether oxygens (including phenoxy) is 1. The third-order valence-electron chi connectivity index (χ3n) is 1.92. The highest BCUT2D eigenvalue weighted by Gasteiger charge is 2.25. The summed E-state index contributed by atoms with van der Waals surface area (Å²) in [6.45, 7) is 3.36. The molecule has 0 saturated heterocycles. The van der Waals surface area contributed by atoms with Gasteiger partial charge in [0.15, 0.2) is 0 Å². The van der Waals surface area contributed by atoms with E-state index in [4.69, 9.17) is 56.4 Å². The van der Waals surface area contributed by atoms with E-state index in [2.05, 4.69) is 6.58 Å². The molecule has 0 amide bonds. The molecule has 0 aliphatic carbocycles. The monoisotopic (exact) mass is 323 g/mol. The molecular formula is C11H5Cl4NO2. The van der Waals surface area contributed by atoms with Gasteiger partial charge in [0, 0.05) is 0 Å². The average molecular weight is 325 g/mol. The van der Waals surface area contributed by atoms with E-state index >= 15 is 0 Å². The van der Waals surface area contributed by atoms with Crippen molar-refractivity contribution in [1.82, 2.24) is 0 Å². The number of nitrogens with zero attached hydrogens (tertiary/aromatic N) is 1. The normalized spacial score (nSPS) is 9.72. The van der Waals surface area contributed by atoms with Crippen LogP contribution < -0.4 is 0 Å². The number of hydrogen-bond donors (Lipinski definition) is 0. The molecule has 94 valence electrons. The molecule has 3 nitrogen and oxygen atoms in total. The summed E-state index contributed by atoms with van der Waals surface area (Å²) in [4.78, 5) is 11.8. The molecule has 0 bridgehead atoms. The van der Waals surface area contributed by atoms with Gasteiger partial charge in [0.05, 0.1) is 31.2 Å². The number of nitriles is 1. The van der Waals surface area contributed by atoms with Gasteiger partial charge in [-0.2, -0.15) is 5.26 Å². The smallest absolute Gasteiger partial charge is 0.341 e. The minimum Gasteiger partial charge on any atom is -0.458 e. The van der Waals surface area contributed by atoms with Crippen molar-refractivity contribution in [1.29, 1.82) is 5.26 Å². The lowest BCUT2D eigenvalue weighted by molar-refractivity contribution is 0.0549. The predicted molar refractivity (Wildman–Crippen MR) is 71.7 cm³/mol. The van der Waals surface area contributed by atoms with Gasteiger partial charge in [-0.3, -0.25) is 0 Å². The highest BCUT2D eigenvalue weighted by molar-refractivity contribution is 6.53.